The lowest BCUT2D eigenvalue weighted by Crippen LogP contribution is -2.43. The quantitative estimate of drug-likeness (QED) is 0.622. The Balaban J connectivity index is 2.82. The van der Waals surface area contributed by atoms with Gasteiger partial charge in [-0.05, 0) is 6.07 Å². The second-order valence-electron chi connectivity index (χ2n) is 3.01. The van der Waals surface area contributed by atoms with Crippen LogP contribution >= 0.6 is 0 Å². The van der Waals surface area contributed by atoms with Crippen LogP contribution < -0.4 is 4.72 Å². The van der Waals surface area contributed by atoms with E-state index in [0.717, 1.165) is 0 Å². The molecule has 7 nitrogen and oxygen atoms in total. The van der Waals surface area contributed by atoms with Crippen LogP contribution in [0.1, 0.15) is 0 Å². The van der Waals surface area contributed by atoms with E-state index in [2.05, 4.69) is 9.72 Å². The van der Waals surface area contributed by atoms with Crippen molar-refractivity contribution in [2.75, 3.05) is 13.7 Å². The Morgan fingerprint density at radius 1 is 1.69 bits per heavy atom. The van der Waals surface area contributed by atoms with Crippen LogP contribution in [0.4, 0.5) is 0 Å². The second kappa shape index (κ2) is 5.10. The number of carboxylic acid groups (broad SMARTS) is 1. The molecule has 0 aliphatic heterocycles. The van der Waals surface area contributed by atoms with E-state index < -0.39 is 22.0 Å². The summed E-state index contributed by atoms with van der Waals surface area (Å²) in [6.07, 6.45) is 2.69. The fourth-order valence-electron chi connectivity index (χ4n) is 1.05. The lowest BCUT2D eigenvalue weighted by Gasteiger charge is -2.12. The minimum atomic E-state index is -3.83. The number of aromatic amines is 1. The van der Waals surface area contributed by atoms with Crippen LogP contribution in [0.2, 0.25) is 0 Å². The third-order valence-electron chi connectivity index (χ3n) is 1.81. The molecule has 0 fully saturated rings. The zero-order valence-corrected chi connectivity index (χ0v) is 9.32. The fraction of sp³-hybridized carbons (Fsp3) is 0.375. The van der Waals surface area contributed by atoms with Crippen molar-refractivity contribution in [1.29, 1.82) is 0 Å². The van der Waals surface area contributed by atoms with Gasteiger partial charge in [-0.3, -0.25) is 4.79 Å². The maximum atomic E-state index is 11.6. The first kappa shape index (κ1) is 12.7. The molecule has 0 aliphatic carbocycles. The molecular weight excluding hydrogens is 236 g/mol. The van der Waals surface area contributed by atoms with Gasteiger partial charge in [0.05, 0.1) is 11.5 Å². The van der Waals surface area contributed by atoms with Crippen molar-refractivity contribution in [1.82, 2.24) is 9.71 Å². The number of aromatic nitrogens is 1. The summed E-state index contributed by atoms with van der Waals surface area (Å²) in [7, 11) is -2.53. The molecular formula is C8H12N2O5S. The first-order valence-electron chi connectivity index (χ1n) is 4.34. The van der Waals surface area contributed by atoms with E-state index in [1.807, 2.05) is 4.72 Å². The van der Waals surface area contributed by atoms with Gasteiger partial charge < -0.3 is 14.8 Å². The number of rotatable bonds is 6. The fourth-order valence-corrected chi connectivity index (χ4v) is 2.20. The number of sulfonamides is 1. The van der Waals surface area contributed by atoms with Crippen LogP contribution in [-0.2, 0) is 19.6 Å². The second-order valence-corrected chi connectivity index (χ2v) is 4.73. The highest BCUT2D eigenvalue weighted by atomic mass is 32.2. The van der Waals surface area contributed by atoms with Crippen LogP contribution in [0.15, 0.2) is 23.4 Å². The summed E-state index contributed by atoms with van der Waals surface area (Å²) in [4.78, 5) is 13.3. The first-order chi connectivity index (χ1) is 7.47. The van der Waals surface area contributed by atoms with Gasteiger partial charge in [-0.2, -0.15) is 4.72 Å². The van der Waals surface area contributed by atoms with Gasteiger partial charge in [-0.15, -0.1) is 0 Å². The molecule has 3 N–H and O–H groups in total. The predicted molar refractivity (Wildman–Crippen MR) is 54.4 cm³/mol. The Labute approximate surface area is 92.5 Å². The van der Waals surface area contributed by atoms with E-state index in [1.54, 1.807) is 0 Å². The van der Waals surface area contributed by atoms with Crippen LogP contribution in [0.25, 0.3) is 0 Å². The summed E-state index contributed by atoms with van der Waals surface area (Å²) in [6.45, 7) is -0.237. The standard InChI is InChI=1S/C8H12N2O5S/c1-15-5-7(8(11)12)10-16(13,14)6-2-3-9-4-6/h2-4,7,9-10H,5H2,1H3,(H,11,12). The van der Waals surface area contributed by atoms with E-state index in [-0.39, 0.29) is 11.5 Å². The zero-order chi connectivity index (χ0) is 12.2. The summed E-state index contributed by atoms with van der Waals surface area (Å²) in [6, 6.07) is 0.0264. The molecule has 8 heteroatoms. The van der Waals surface area contributed by atoms with Crippen LogP contribution in [-0.4, -0.2) is 44.2 Å². The summed E-state index contributed by atoms with van der Waals surface area (Å²) < 4.78 is 29.9. The van der Waals surface area contributed by atoms with Crippen molar-refractivity contribution < 1.29 is 23.1 Å². The first-order valence-corrected chi connectivity index (χ1v) is 5.82. The minimum absolute atomic E-state index is 0.0187. The Hall–Kier alpha value is -1.38. The summed E-state index contributed by atoms with van der Waals surface area (Å²) in [5.74, 6) is -1.29. The lowest BCUT2D eigenvalue weighted by molar-refractivity contribution is -0.140. The van der Waals surface area contributed by atoms with Gasteiger partial charge in [0.1, 0.15) is 6.04 Å². The molecule has 0 saturated heterocycles. The van der Waals surface area contributed by atoms with E-state index in [0.29, 0.717) is 0 Å². The van der Waals surface area contributed by atoms with Crippen LogP contribution in [0.3, 0.4) is 0 Å². The third kappa shape index (κ3) is 3.05. The zero-order valence-electron chi connectivity index (χ0n) is 8.50. The molecule has 1 aromatic heterocycles. The number of nitrogens with one attached hydrogen (secondary N) is 2. The SMILES string of the molecule is COCC(NS(=O)(=O)c1cc[nH]c1)C(=O)O. The number of hydrogen-bond acceptors (Lipinski definition) is 4. The molecule has 90 valence electrons. The van der Waals surface area contributed by atoms with Crippen LogP contribution in [0.5, 0.6) is 0 Å². The molecule has 0 spiro atoms. The van der Waals surface area contributed by atoms with Crippen molar-refractivity contribution in [3.8, 4) is 0 Å². The average Bonchev–Trinajstić information content (AvgIpc) is 2.69. The number of carbonyl (C=O) groups is 1. The van der Waals surface area contributed by atoms with Crippen molar-refractivity contribution in [2.45, 2.75) is 10.9 Å². The predicted octanol–water partition coefficient (Wildman–Crippen LogP) is -0.607. The van der Waals surface area contributed by atoms with E-state index in [4.69, 9.17) is 5.11 Å². The van der Waals surface area contributed by atoms with Crippen molar-refractivity contribution >= 4 is 16.0 Å². The third-order valence-corrected chi connectivity index (χ3v) is 3.28. The van der Waals surface area contributed by atoms with Gasteiger partial charge in [0.2, 0.25) is 10.0 Å². The molecule has 0 radical (unpaired) electrons. The number of aliphatic carboxylic acids is 1. The van der Waals surface area contributed by atoms with E-state index in [9.17, 15) is 13.2 Å². The van der Waals surface area contributed by atoms with Gasteiger partial charge in [0, 0.05) is 19.5 Å². The summed E-state index contributed by atoms with van der Waals surface area (Å²) in [5.41, 5.74) is 0. The van der Waals surface area contributed by atoms with Crippen molar-refractivity contribution in [3.63, 3.8) is 0 Å². The average molecular weight is 248 g/mol. The normalized spacial score (nSPS) is 13.6. The molecule has 1 unspecified atom stereocenters. The van der Waals surface area contributed by atoms with Crippen molar-refractivity contribution in [3.05, 3.63) is 18.5 Å². The van der Waals surface area contributed by atoms with Crippen molar-refractivity contribution in [2.24, 2.45) is 0 Å². The van der Waals surface area contributed by atoms with Gasteiger partial charge in [-0.1, -0.05) is 0 Å². The molecule has 0 amide bonds. The smallest absolute Gasteiger partial charge is 0.324 e. The Kier molecular flexibility index (Phi) is 4.05. The maximum Gasteiger partial charge on any atom is 0.324 e. The van der Waals surface area contributed by atoms with Gasteiger partial charge in [0.15, 0.2) is 0 Å². The number of H-pyrrole nitrogens is 1. The summed E-state index contributed by atoms with van der Waals surface area (Å²) >= 11 is 0. The molecule has 1 heterocycles. The Bertz CT molecular complexity index is 439. The molecule has 0 aliphatic rings. The summed E-state index contributed by atoms with van der Waals surface area (Å²) in [5, 5.41) is 8.75. The Morgan fingerprint density at radius 3 is 2.81 bits per heavy atom. The molecule has 1 aromatic rings. The highest BCUT2D eigenvalue weighted by Gasteiger charge is 2.25. The number of methoxy groups -OCH3 is 1. The number of hydrogen-bond donors (Lipinski definition) is 3. The Morgan fingerprint density at radius 2 is 2.38 bits per heavy atom. The molecule has 1 rings (SSSR count). The van der Waals surface area contributed by atoms with Gasteiger partial charge >= 0.3 is 5.97 Å². The van der Waals surface area contributed by atoms with Gasteiger partial charge in [-0.25, -0.2) is 8.42 Å². The molecule has 16 heavy (non-hydrogen) atoms. The topological polar surface area (TPSA) is 108 Å². The highest BCUT2D eigenvalue weighted by Crippen LogP contribution is 2.07. The van der Waals surface area contributed by atoms with E-state index >= 15 is 0 Å². The number of ether oxygens (including phenoxy) is 1. The molecule has 0 aromatic carbocycles. The largest absolute Gasteiger partial charge is 0.480 e. The van der Waals surface area contributed by atoms with Gasteiger partial charge in [0.25, 0.3) is 0 Å². The minimum Gasteiger partial charge on any atom is -0.480 e. The monoisotopic (exact) mass is 248 g/mol. The molecule has 1 atom stereocenters. The van der Waals surface area contributed by atoms with Crippen LogP contribution in [0, 0.1) is 0 Å². The maximum absolute atomic E-state index is 11.6. The number of carboxylic acids is 1. The van der Waals surface area contributed by atoms with E-state index in [1.165, 1.54) is 25.6 Å². The molecule has 0 saturated carbocycles. The molecule has 0 bridgehead atoms. The lowest BCUT2D eigenvalue weighted by atomic mass is 10.3. The highest BCUT2D eigenvalue weighted by molar-refractivity contribution is 7.89.